The molecule has 0 saturated heterocycles. The van der Waals surface area contributed by atoms with E-state index in [0.29, 0.717) is 12.2 Å². The van der Waals surface area contributed by atoms with E-state index < -0.39 is 5.82 Å². The summed E-state index contributed by atoms with van der Waals surface area (Å²) in [6.07, 6.45) is 9.71. The first-order valence-electron chi connectivity index (χ1n) is 7.98. The summed E-state index contributed by atoms with van der Waals surface area (Å²) in [5.74, 6) is -0.916. The summed E-state index contributed by atoms with van der Waals surface area (Å²) in [6, 6.07) is 4.05. The van der Waals surface area contributed by atoms with Crippen LogP contribution in [0, 0.1) is 5.82 Å². The zero-order valence-corrected chi connectivity index (χ0v) is 13.0. The number of carbonyl (C=O) groups excluding carboxylic acids is 1. The van der Waals surface area contributed by atoms with Crippen molar-refractivity contribution in [1.82, 2.24) is 5.32 Å². The van der Waals surface area contributed by atoms with Gasteiger partial charge in [0.1, 0.15) is 5.82 Å². The number of nitrogens with one attached hydrogen (secondary N) is 1. The highest BCUT2D eigenvalue weighted by Crippen LogP contribution is 2.12. The van der Waals surface area contributed by atoms with Crippen molar-refractivity contribution in [3.05, 3.63) is 29.6 Å². The Hall–Kier alpha value is -1.58. The lowest BCUT2D eigenvalue weighted by atomic mass is 10.1. The molecule has 118 valence electrons. The fraction of sp³-hybridized carbons (Fsp3) is 0.588. The number of benzene rings is 1. The van der Waals surface area contributed by atoms with Crippen LogP contribution in [0.4, 0.5) is 10.1 Å². The van der Waals surface area contributed by atoms with E-state index >= 15 is 0 Å². The summed E-state index contributed by atoms with van der Waals surface area (Å²) >= 11 is 0. The topological polar surface area (TPSA) is 55.1 Å². The summed E-state index contributed by atoms with van der Waals surface area (Å²) in [5.41, 5.74) is 5.98. The van der Waals surface area contributed by atoms with E-state index in [0.717, 1.165) is 12.8 Å². The minimum absolute atomic E-state index is 0.0227. The van der Waals surface area contributed by atoms with Gasteiger partial charge in [0, 0.05) is 12.2 Å². The molecular formula is C17H27FN2O. The molecule has 1 aromatic carbocycles. The van der Waals surface area contributed by atoms with Gasteiger partial charge in [-0.25, -0.2) is 4.39 Å². The van der Waals surface area contributed by atoms with Crippen molar-refractivity contribution in [1.29, 1.82) is 0 Å². The Bertz CT molecular complexity index is 435. The summed E-state index contributed by atoms with van der Waals surface area (Å²) in [5, 5.41) is 2.74. The van der Waals surface area contributed by atoms with Crippen molar-refractivity contribution in [3.63, 3.8) is 0 Å². The lowest BCUT2D eigenvalue weighted by Gasteiger charge is -2.07. The number of unbranched alkanes of at least 4 members (excludes halogenated alkanes) is 7. The molecule has 0 heterocycles. The third-order valence-corrected chi connectivity index (χ3v) is 3.55. The average Bonchev–Trinajstić information content (AvgIpc) is 2.48. The second-order valence-electron chi connectivity index (χ2n) is 5.47. The second kappa shape index (κ2) is 10.2. The minimum Gasteiger partial charge on any atom is -0.399 e. The first-order valence-corrected chi connectivity index (χ1v) is 7.98. The second-order valence-corrected chi connectivity index (χ2v) is 5.47. The molecule has 3 nitrogen and oxygen atoms in total. The van der Waals surface area contributed by atoms with Crippen LogP contribution in [0.15, 0.2) is 18.2 Å². The number of anilines is 1. The van der Waals surface area contributed by atoms with E-state index in [9.17, 15) is 9.18 Å². The van der Waals surface area contributed by atoms with Crippen LogP contribution in [-0.2, 0) is 0 Å². The molecule has 4 heteroatoms. The quantitative estimate of drug-likeness (QED) is 0.500. The van der Waals surface area contributed by atoms with Crippen molar-refractivity contribution in [2.24, 2.45) is 0 Å². The maximum atomic E-state index is 13.5. The maximum Gasteiger partial charge on any atom is 0.254 e. The fourth-order valence-corrected chi connectivity index (χ4v) is 2.27. The van der Waals surface area contributed by atoms with Gasteiger partial charge in [-0.3, -0.25) is 4.79 Å². The van der Waals surface area contributed by atoms with Crippen molar-refractivity contribution < 1.29 is 9.18 Å². The highest BCUT2D eigenvalue weighted by atomic mass is 19.1. The molecule has 0 aromatic heterocycles. The summed E-state index contributed by atoms with van der Waals surface area (Å²) in [7, 11) is 0. The largest absolute Gasteiger partial charge is 0.399 e. The van der Waals surface area contributed by atoms with Crippen LogP contribution in [0.3, 0.4) is 0 Å². The summed E-state index contributed by atoms with van der Waals surface area (Å²) in [6.45, 7) is 2.80. The predicted molar refractivity (Wildman–Crippen MR) is 85.8 cm³/mol. The van der Waals surface area contributed by atoms with Crippen LogP contribution < -0.4 is 11.1 Å². The predicted octanol–water partition coefficient (Wildman–Crippen LogP) is 4.28. The molecule has 0 aliphatic carbocycles. The summed E-state index contributed by atoms with van der Waals surface area (Å²) < 4.78 is 13.5. The molecule has 1 amide bonds. The molecule has 3 N–H and O–H groups in total. The van der Waals surface area contributed by atoms with Gasteiger partial charge in [-0.2, -0.15) is 0 Å². The van der Waals surface area contributed by atoms with E-state index in [1.807, 2.05) is 0 Å². The lowest BCUT2D eigenvalue weighted by molar-refractivity contribution is 0.0949. The van der Waals surface area contributed by atoms with Gasteiger partial charge in [-0.1, -0.05) is 51.9 Å². The molecule has 0 spiro atoms. The Morgan fingerprint density at radius 1 is 1.10 bits per heavy atom. The Balaban J connectivity index is 2.12. The number of carbonyl (C=O) groups is 1. The zero-order valence-electron chi connectivity index (χ0n) is 13.0. The molecule has 21 heavy (non-hydrogen) atoms. The summed E-state index contributed by atoms with van der Waals surface area (Å²) in [4.78, 5) is 11.8. The standard InChI is InChI=1S/C17H27FN2O/c1-2-3-4-5-6-7-8-9-12-20-17(21)15-13-14(19)10-11-16(15)18/h10-11,13H,2-9,12,19H2,1H3,(H,20,21). The molecule has 0 radical (unpaired) electrons. The van der Waals surface area contributed by atoms with Crippen molar-refractivity contribution >= 4 is 11.6 Å². The number of nitrogens with two attached hydrogens (primary N) is 1. The van der Waals surface area contributed by atoms with Crippen LogP contribution in [0.5, 0.6) is 0 Å². The third kappa shape index (κ3) is 7.11. The van der Waals surface area contributed by atoms with E-state index in [2.05, 4.69) is 12.2 Å². The Labute approximate surface area is 127 Å². The number of hydrogen-bond acceptors (Lipinski definition) is 2. The SMILES string of the molecule is CCCCCCCCCCNC(=O)c1cc(N)ccc1F. The van der Waals surface area contributed by atoms with E-state index in [-0.39, 0.29) is 11.5 Å². The lowest BCUT2D eigenvalue weighted by Crippen LogP contribution is -2.25. The van der Waals surface area contributed by atoms with Crippen LogP contribution >= 0.6 is 0 Å². The van der Waals surface area contributed by atoms with E-state index in [1.54, 1.807) is 0 Å². The van der Waals surface area contributed by atoms with Gasteiger partial charge in [-0.15, -0.1) is 0 Å². The fourth-order valence-electron chi connectivity index (χ4n) is 2.27. The molecule has 0 aliphatic rings. The van der Waals surface area contributed by atoms with E-state index in [1.165, 1.54) is 56.7 Å². The average molecular weight is 294 g/mol. The van der Waals surface area contributed by atoms with Gasteiger partial charge in [0.2, 0.25) is 0 Å². The molecule has 0 fully saturated rings. The van der Waals surface area contributed by atoms with Crippen molar-refractivity contribution in [2.75, 3.05) is 12.3 Å². The first kappa shape index (κ1) is 17.5. The highest BCUT2D eigenvalue weighted by molar-refractivity contribution is 5.95. The number of halogens is 1. The van der Waals surface area contributed by atoms with Gasteiger partial charge in [0.05, 0.1) is 5.56 Å². The third-order valence-electron chi connectivity index (χ3n) is 3.55. The van der Waals surface area contributed by atoms with Crippen molar-refractivity contribution in [2.45, 2.75) is 58.3 Å². The van der Waals surface area contributed by atoms with Crippen LogP contribution in [0.25, 0.3) is 0 Å². The van der Waals surface area contributed by atoms with Gasteiger partial charge >= 0.3 is 0 Å². The number of nitrogen functional groups attached to an aromatic ring is 1. The first-order chi connectivity index (χ1) is 10.1. The monoisotopic (exact) mass is 294 g/mol. The maximum absolute atomic E-state index is 13.5. The Kier molecular flexibility index (Phi) is 8.48. The highest BCUT2D eigenvalue weighted by Gasteiger charge is 2.11. The molecule has 0 bridgehead atoms. The van der Waals surface area contributed by atoms with Gasteiger partial charge in [0.25, 0.3) is 5.91 Å². The Morgan fingerprint density at radius 2 is 1.71 bits per heavy atom. The number of hydrogen-bond donors (Lipinski definition) is 2. The van der Waals surface area contributed by atoms with Gasteiger partial charge < -0.3 is 11.1 Å². The molecule has 0 unspecified atom stereocenters. The molecule has 0 atom stereocenters. The molecule has 1 rings (SSSR count). The normalized spacial score (nSPS) is 10.6. The smallest absolute Gasteiger partial charge is 0.254 e. The van der Waals surface area contributed by atoms with Gasteiger partial charge in [-0.05, 0) is 24.6 Å². The Morgan fingerprint density at radius 3 is 2.38 bits per heavy atom. The molecule has 0 aliphatic heterocycles. The molecular weight excluding hydrogens is 267 g/mol. The number of rotatable bonds is 10. The molecule has 0 saturated carbocycles. The van der Waals surface area contributed by atoms with Crippen LogP contribution in [0.2, 0.25) is 0 Å². The molecule has 1 aromatic rings. The zero-order chi connectivity index (χ0) is 15.5. The van der Waals surface area contributed by atoms with Crippen molar-refractivity contribution in [3.8, 4) is 0 Å². The minimum atomic E-state index is -0.530. The van der Waals surface area contributed by atoms with E-state index in [4.69, 9.17) is 5.73 Å². The van der Waals surface area contributed by atoms with Crippen LogP contribution in [0.1, 0.15) is 68.6 Å². The van der Waals surface area contributed by atoms with Crippen LogP contribution in [-0.4, -0.2) is 12.5 Å². The number of amides is 1. The van der Waals surface area contributed by atoms with Gasteiger partial charge in [0.15, 0.2) is 0 Å².